The fourth-order valence-corrected chi connectivity index (χ4v) is 3.77. The van der Waals surface area contributed by atoms with Crippen molar-refractivity contribution in [2.45, 2.75) is 39.0 Å². The highest BCUT2D eigenvalue weighted by molar-refractivity contribution is 7.83. The molecule has 7 nitrogen and oxygen atoms in total. The van der Waals surface area contributed by atoms with Crippen LogP contribution in [0.2, 0.25) is 0 Å². The smallest absolute Gasteiger partial charge is 0.333 e. The highest BCUT2D eigenvalue weighted by Crippen LogP contribution is 2.45. The van der Waals surface area contributed by atoms with Crippen molar-refractivity contribution in [2.75, 3.05) is 26.3 Å². The summed E-state index contributed by atoms with van der Waals surface area (Å²) in [5.74, 6) is 0.838. The first kappa shape index (κ1) is 17.6. The standard InChI is InChI=1S/C16H24N2O5S/c1-11-8-14-13(9-12(11)10-17-24(19,20)21)16(2,3)15(23-14)18-4-6-22-7-5-18/h8-9,15,17H,4-7,10H2,1-3H3,(H,19,20,21). The van der Waals surface area contributed by atoms with Crippen LogP contribution in [-0.2, 0) is 27.0 Å². The molecule has 0 amide bonds. The number of hydrogen-bond acceptors (Lipinski definition) is 5. The number of benzene rings is 1. The summed E-state index contributed by atoms with van der Waals surface area (Å²) in [6, 6.07) is 3.92. The Hall–Kier alpha value is -1.19. The van der Waals surface area contributed by atoms with E-state index in [1.54, 1.807) is 0 Å². The summed E-state index contributed by atoms with van der Waals surface area (Å²) < 4.78 is 44.5. The molecule has 1 saturated heterocycles. The molecule has 0 bridgehead atoms. The SMILES string of the molecule is Cc1cc2c(cc1CNS(=O)(=O)O)C(C)(C)C(N1CCOCC1)O2. The predicted molar refractivity (Wildman–Crippen MR) is 89.4 cm³/mol. The zero-order valence-electron chi connectivity index (χ0n) is 14.2. The maximum atomic E-state index is 10.9. The van der Waals surface area contributed by atoms with Gasteiger partial charge in [0.1, 0.15) is 5.75 Å². The number of hydrogen-bond donors (Lipinski definition) is 2. The van der Waals surface area contributed by atoms with E-state index in [1.807, 2.05) is 19.1 Å². The topological polar surface area (TPSA) is 88.1 Å². The van der Waals surface area contributed by atoms with Crippen LogP contribution in [0.5, 0.6) is 5.75 Å². The molecule has 24 heavy (non-hydrogen) atoms. The Labute approximate surface area is 142 Å². The second-order valence-electron chi connectivity index (χ2n) is 6.91. The molecule has 1 aromatic carbocycles. The number of ether oxygens (including phenoxy) is 2. The van der Waals surface area contributed by atoms with Crippen LogP contribution in [0.25, 0.3) is 0 Å². The van der Waals surface area contributed by atoms with Gasteiger partial charge >= 0.3 is 10.3 Å². The zero-order valence-corrected chi connectivity index (χ0v) is 15.0. The number of aryl methyl sites for hydroxylation is 1. The minimum Gasteiger partial charge on any atom is -0.474 e. The molecule has 0 aromatic heterocycles. The van der Waals surface area contributed by atoms with Crippen LogP contribution in [0.1, 0.15) is 30.5 Å². The zero-order chi connectivity index (χ0) is 17.5. The van der Waals surface area contributed by atoms with Gasteiger partial charge in [-0.2, -0.15) is 13.1 Å². The maximum Gasteiger partial charge on any atom is 0.333 e. The summed E-state index contributed by atoms with van der Waals surface area (Å²) >= 11 is 0. The van der Waals surface area contributed by atoms with Gasteiger partial charge in [0.05, 0.1) is 13.2 Å². The molecule has 8 heteroatoms. The van der Waals surface area contributed by atoms with E-state index in [1.165, 1.54) is 0 Å². The van der Waals surface area contributed by atoms with Gasteiger partial charge in [-0.1, -0.05) is 13.8 Å². The van der Waals surface area contributed by atoms with Crippen LogP contribution in [0.4, 0.5) is 0 Å². The first-order valence-electron chi connectivity index (χ1n) is 8.03. The summed E-state index contributed by atoms with van der Waals surface area (Å²) in [6.07, 6.45) is -0.0689. The van der Waals surface area contributed by atoms with Gasteiger partial charge in [0, 0.05) is 30.6 Å². The Kier molecular flexibility index (Phi) is 4.61. The van der Waals surface area contributed by atoms with Crippen molar-refractivity contribution in [1.82, 2.24) is 9.62 Å². The molecule has 1 atom stereocenters. The molecule has 0 aliphatic carbocycles. The van der Waals surface area contributed by atoms with E-state index in [4.69, 9.17) is 14.0 Å². The van der Waals surface area contributed by atoms with Crippen LogP contribution >= 0.6 is 0 Å². The summed E-state index contributed by atoms with van der Waals surface area (Å²) in [7, 11) is -4.21. The Morgan fingerprint density at radius 2 is 2.00 bits per heavy atom. The average molecular weight is 356 g/mol. The van der Waals surface area contributed by atoms with E-state index >= 15 is 0 Å². The first-order chi connectivity index (χ1) is 11.2. The third-order valence-electron chi connectivity index (χ3n) is 4.81. The minimum absolute atomic E-state index is 0.0518. The molecular weight excluding hydrogens is 332 g/mol. The molecule has 0 saturated carbocycles. The van der Waals surface area contributed by atoms with Crippen LogP contribution < -0.4 is 9.46 Å². The first-order valence-corrected chi connectivity index (χ1v) is 9.47. The van der Waals surface area contributed by atoms with Gasteiger partial charge < -0.3 is 9.47 Å². The maximum absolute atomic E-state index is 10.9. The van der Waals surface area contributed by atoms with Gasteiger partial charge in [-0.15, -0.1) is 0 Å². The number of nitrogens with one attached hydrogen (secondary N) is 1. The van der Waals surface area contributed by atoms with Crippen molar-refractivity contribution in [2.24, 2.45) is 0 Å². The van der Waals surface area contributed by atoms with Crippen LogP contribution in [0, 0.1) is 6.92 Å². The van der Waals surface area contributed by atoms with E-state index in [0.29, 0.717) is 13.2 Å². The van der Waals surface area contributed by atoms with Gasteiger partial charge in [-0.3, -0.25) is 9.45 Å². The van der Waals surface area contributed by atoms with Crippen molar-refractivity contribution in [1.29, 1.82) is 0 Å². The highest BCUT2D eigenvalue weighted by atomic mass is 32.2. The highest BCUT2D eigenvalue weighted by Gasteiger charge is 2.45. The normalized spacial score (nSPS) is 23.8. The molecule has 1 aromatic rings. The molecule has 3 rings (SSSR count). The Morgan fingerprint density at radius 3 is 2.62 bits per heavy atom. The number of fused-ring (bicyclic) bond motifs is 1. The molecule has 2 aliphatic rings. The van der Waals surface area contributed by atoms with E-state index in [0.717, 1.165) is 35.5 Å². The van der Waals surface area contributed by atoms with E-state index in [-0.39, 0.29) is 18.2 Å². The number of rotatable bonds is 4. The molecule has 134 valence electrons. The molecule has 2 aliphatic heterocycles. The minimum atomic E-state index is -4.21. The van der Waals surface area contributed by atoms with Crippen LogP contribution in [-0.4, -0.2) is 50.4 Å². The third-order valence-corrected chi connectivity index (χ3v) is 5.32. The van der Waals surface area contributed by atoms with Gasteiger partial charge in [-0.25, -0.2) is 0 Å². The second-order valence-corrected chi connectivity index (χ2v) is 8.15. The largest absolute Gasteiger partial charge is 0.474 e. The summed E-state index contributed by atoms with van der Waals surface area (Å²) in [6.45, 7) is 9.29. The average Bonchev–Trinajstić information content (AvgIpc) is 2.76. The van der Waals surface area contributed by atoms with Crippen molar-refractivity contribution in [3.05, 3.63) is 28.8 Å². The van der Waals surface area contributed by atoms with Gasteiger partial charge in [0.15, 0.2) is 6.23 Å². The van der Waals surface area contributed by atoms with Crippen molar-refractivity contribution in [3.8, 4) is 5.75 Å². The van der Waals surface area contributed by atoms with Crippen LogP contribution in [0.3, 0.4) is 0 Å². The fourth-order valence-electron chi connectivity index (χ4n) is 3.43. The van der Waals surface area contributed by atoms with Gasteiger partial charge in [0.25, 0.3) is 0 Å². The number of morpholine rings is 1. The van der Waals surface area contributed by atoms with Crippen molar-refractivity contribution < 1.29 is 22.4 Å². The summed E-state index contributed by atoms with van der Waals surface area (Å²) in [5.41, 5.74) is 2.57. The molecule has 0 spiro atoms. The van der Waals surface area contributed by atoms with Crippen LogP contribution in [0.15, 0.2) is 12.1 Å². The Morgan fingerprint density at radius 1 is 1.33 bits per heavy atom. The van der Waals surface area contributed by atoms with Crippen molar-refractivity contribution in [3.63, 3.8) is 0 Å². The lowest BCUT2D eigenvalue weighted by atomic mass is 9.82. The lowest BCUT2D eigenvalue weighted by Gasteiger charge is -2.38. The molecular formula is C16H24N2O5S. The molecule has 0 radical (unpaired) electrons. The predicted octanol–water partition coefficient (Wildman–Crippen LogP) is 1.22. The second kappa shape index (κ2) is 6.27. The Balaban J connectivity index is 1.88. The monoisotopic (exact) mass is 356 g/mol. The van der Waals surface area contributed by atoms with E-state index < -0.39 is 10.3 Å². The molecule has 1 unspecified atom stereocenters. The van der Waals surface area contributed by atoms with Gasteiger partial charge in [-0.05, 0) is 30.2 Å². The lowest BCUT2D eigenvalue weighted by molar-refractivity contribution is -0.0612. The van der Waals surface area contributed by atoms with Crippen molar-refractivity contribution >= 4 is 10.3 Å². The molecule has 1 fully saturated rings. The fraction of sp³-hybridized carbons (Fsp3) is 0.625. The van der Waals surface area contributed by atoms with Gasteiger partial charge in [0.2, 0.25) is 0 Å². The van der Waals surface area contributed by atoms with E-state index in [9.17, 15) is 8.42 Å². The quantitative estimate of drug-likeness (QED) is 0.789. The Bertz CT molecular complexity index is 726. The number of nitrogens with zero attached hydrogens (tertiary/aromatic N) is 1. The third kappa shape index (κ3) is 3.43. The summed E-state index contributed by atoms with van der Waals surface area (Å²) in [5, 5.41) is 0. The van der Waals surface area contributed by atoms with E-state index in [2.05, 4.69) is 23.5 Å². The molecule has 2 N–H and O–H groups in total. The molecule has 2 heterocycles. The summed E-state index contributed by atoms with van der Waals surface area (Å²) in [4.78, 5) is 2.29. The lowest BCUT2D eigenvalue weighted by Crippen LogP contribution is -2.52.